The zero-order valence-corrected chi connectivity index (χ0v) is 24.5. The molecule has 7 nitrogen and oxygen atoms in total. The van der Waals surface area contributed by atoms with E-state index in [4.69, 9.17) is 25.8 Å². The van der Waals surface area contributed by atoms with Crippen molar-refractivity contribution in [2.75, 3.05) is 13.2 Å². The summed E-state index contributed by atoms with van der Waals surface area (Å²) >= 11 is 7.25. The third kappa shape index (κ3) is 6.29. The smallest absolute Gasteiger partial charge is 0.338 e. The number of nitrogens with zero attached hydrogens (tertiary/aromatic N) is 2. The predicted octanol–water partition coefficient (Wildman–Crippen LogP) is 5.43. The van der Waals surface area contributed by atoms with Gasteiger partial charge in [-0.1, -0.05) is 59.3 Å². The average molecular weight is 589 g/mol. The number of ether oxygens (including phenoxy) is 3. The van der Waals surface area contributed by atoms with E-state index in [1.165, 1.54) is 11.3 Å². The van der Waals surface area contributed by atoms with Crippen molar-refractivity contribution in [3.05, 3.63) is 125 Å². The molecule has 0 saturated heterocycles. The van der Waals surface area contributed by atoms with Crippen molar-refractivity contribution in [2.24, 2.45) is 4.99 Å². The van der Waals surface area contributed by atoms with Gasteiger partial charge in [0.25, 0.3) is 5.56 Å². The Labute approximate surface area is 246 Å². The molecule has 2 heterocycles. The van der Waals surface area contributed by atoms with Crippen LogP contribution in [0.2, 0.25) is 5.02 Å². The van der Waals surface area contributed by atoms with Crippen LogP contribution in [-0.4, -0.2) is 23.8 Å². The Hall–Kier alpha value is -4.14. The Morgan fingerprint density at radius 3 is 2.46 bits per heavy atom. The molecule has 4 aromatic rings. The van der Waals surface area contributed by atoms with Gasteiger partial charge in [-0.2, -0.15) is 0 Å². The van der Waals surface area contributed by atoms with Gasteiger partial charge in [-0.15, -0.1) is 0 Å². The molecule has 1 aromatic heterocycles. The first-order valence-corrected chi connectivity index (χ1v) is 14.5. The van der Waals surface area contributed by atoms with Crippen LogP contribution in [0.1, 0.15) is 43.5 Å². The first-order valence-electron chi connectivity index (χ1n) is 13.3. The van der Waals surface area contributed by atoms with E-state index in [0.29, 0.717) is 50.3 Å². The summed E-state index contributed by atoms with van der Waals surface area (Å²) in [5, 5.41) is 0.673. The maximum Gasteiger partial charge on any atom is 0.338 e. The van der Waals surface area contributed by atoms with Gasteiger partial charge in [-0.05, 0) is 79.9 Å². The lowest BCUT2D eigenvalue weighted by molar-refractivity contribution is -0.139. The summed E-state index contributed by atoms with van der Waals surface area (Å²) in [7, 11) is 0. The maximum atomic E-state index is 13.9. The van der Waals surface area contributed by atoms with Crippen molar-refractivity contribution in [3.8, 4) is 11.5 Å². The molecule has 1 atom stereocenters. The number of rotatable bonds is 9. The van der Waals surface area contributed by atoms with Gasteiger partial charge in [0.15, 0.2) is 4.80 Å². The van der Waals surface area contributed by atoms with Crippen LogP contribution in [0, 0.1) is 0 Å². The number of carbonyl (C=O) groups excluding carboxylic acids is 1. The number of hydrogen-bond acceptors (Lipinski definition) is 7. The van der Waals surface area contributed by atoms with Gasteiger partial charge in [0.1, 0.15) is 18.1 Å². The van der Waals surface area contributed by atoms with Crippen molar-refractivity contribution >= 4 is 35.0 Å². The zero-order chi connectivity index (χ0) is 28.9. The predicted molar refractivity (Wildman–Crippen MR) is 160 cm³/mol. The summed E-state index contributed by atoms with van der Waals surface area (Å²) in [4.78, 5) is 32.1. The normalized spacial score (nSPS) is 14.8. The van der Waals surface area contributed by atoms with Gasteiger partial charge in [-0.25, -0.2) is 9.79 Å². The van der Waals surface area contributed by atoms with Crippen LogP contribution < -0.4 is 24.4 Å². The summed E-state index contributed by atoms with van der Waals surface area (Å²) in [6.45, 7) is 6.58. The van der Waals surface area contributed by atoms with Crippen LogP contribution in [0.15, 0.2) is 93.9 Å². The first-order chi connectivity index (χ1) is 19.9. The van der Waals surface area contributed by atoms with Crippen LogP contribution in [0.5, 0.6) is 11.5 Å². The van der Waals surface area contributed by atoms with Gasteiger partial charge in [0.2, 0.25) is 0 Å². The molecule has 0 saturated carbocycles. The van der Waals surface area contributed by atoms with E-state index >= 15 is 0 Å². The van der Waals surface area contributed by atoms with Crippen molar-refractivity contribution in [2.45, 2.75) is 33.4 Å². The number of aromatic nitrogens is 1. The highest BCUT2D eigenvalue weighted by Gasteiger charge is 2.33. The second-order valence-electron chi connectivity index (χ2n) is 9.29. The summed E-state index contributed by atoms with van der Waals surface area (Å²) in [6, 6.07) is 21.8. The molecular weight excluding hydrogens is 560 g/mol. The number of fused-ring (bicyclic) bond motifs is 1. The second-order valence-corrected chi connectivity index (χ2v) is 10.7. The number of carbonyl (C=O) groups is 1. The first kappa shape index (κ1) is 28.4. The Bertz CT molecular complexity index is 1770. The number of esters is 1. The summed E-state index contributed by atoms with van der Waals surface area (Å²) < 4.78 is 19.0. The third-order valence-corrected chi connectivity index (χ3v) is 7.73. The highest BCUT2D eigenvalue weighted by atomic mass is 35.5. The lowest BCUT2D eigenvalue weighted by Crippen LogP contribution is -2.39. The molecule has 9 heteroatoms. The Morgan fingerprint density at radius 1 is 1.00 bits per heavy atom. The molecule has 0 amide bonds. The minimum atomic E-state index is -0.683. The van der Waals surface area contributed by atoms with Crippen LogP contribution >= 0.6 is 22.9 Å². The second kappa shape index (κ2) is 12.6. The fourth-order valence-corrected chi connectivity index (χ4v) is 5.79. The van der Waals surface area contributed by atoms with Crippen LogP contribution in [0.4, 0.5) is 0 Å². The third-order valence-electron chi connectivity index (χ3n) is 6.50. The minimum Gasteiger partial charge on any atom is -0.494 e. The summed E-state index contributed by atoms with van der Waals surface area (Å²) in [5.74, 6) is 0.891. The summed E-state index contributed by atoms with van der Waals surface area (Å²) in [6.07, 6.45) is 1.82. The van der Waals surface area contributed by atoms with E-state index in [1.807, 2.05) is 85.8 Å². The van der Waals surface area contributed by atoms with Crippen LogP contribution in [-0.2, 0) is 16.1 Å². The van der Waals surface area contributed by atoms with Crippen LogP contribution in [0.25, 0.3) is 6.08 Å². The van der Waals surface area contributed by atoms with Crippen molar-refractivity contribution in [1.82, 2.24) is 4.57 Å². The van der Waals surface area contributed by atoms with E-state index in [1.54, 1.807) is 18.4 Å². The molecule has 3 aromatic carbocycles. The van der Waals surface area contributed by atoms with E-state index in [-0.39, 0.29) is 12.2 Å². The largest absolute Gasteiger partial charge is 0.494 e. The molecule has 1 aliphatic heterocycles. The van der Waals surface area contributed by atoms with Gasteiger partial charge in [0.05, 0.1) is 35.1 Å². The number of allylic oxidation sites excluding steroid dienone is 1. The molecule has 0 fully saturated rings. The molecule has 0 aliphatic carbocycles. The van der Waals surface area contributed by atoms with Crippen molar-refractivity contribution in [3.63, 3.8) is 0 Å². The zero-order valence-electron chi connectivity index (χ0n) is 22.9. The molecular formula is C32H29ClN2O5S. The molecule has 0 bridgehead atoms. The molecule has 210 valence electrons. The Balaban J connectivity index is 1.53. The van der Waals surface area contributed by atoms with Crippen molar-refractivity contribution in [1.29, 1.82) is 0 Å². The molecule has 0 unspecified atom stereocenters. The lowest BCUT2D eigenvalue weighted by Gasteiger charge is -2.24. The van der Waals surface area contributed by atoms with E-state index < -0.39 is 12.0 Å². The molecule has 5 rings (SSSR count). The van der Waals surface area contributed by atoms with E-state index in [2.05, 4.69) is 4.99 Å². The molecule has 0 spiro atoms. The lowest BCUT2D eigenvalue weighted by atomic mass is 9.96. The molecule has 0 radical (unpaired) electrons. The highest BCUT2D eigenvalue weighted by molar-refractivity contribution is 7.07. The Morgan fingerprint density at radius 2 is 1.76 bits per heavy atom. The fraction of sp³-hybridized carbons (Fsp3) is 0.219. The fourth-order valence-electron chi connectivity index (χ4n) is 4.61. The van der Waals surface area contributed by atoms with Crippen LogP contribution in [0.3, 0.4) is 0 Å². The SMILES string of the molecule is CCOC(=O)C1=C(C)N=c2s/c(=C\c3cccc(OCc4ccc(Cl)cc4)c3)c(=O)n2[C@H]1c1ccc(OCC)cc1. The number of hydrogen-bond donors (Lipinski definition) is 0. The quantitative estimate of drug-likeness (QED) is 0.244. The Kier molecular flexibility index (Phi) is 8.71. The van der Waals surface area contributed by atoms with Gasteiger partial charge < -0.3 is 14.2 Å². The maximum absolute atomic E-state index is 13.9. The average Bonchev–Trinajstić information content (AvgIpc) is 3.27. The number of halogens is 1. The van der Waals surface area contributed by atoms with Gasteiger partial charge >= 0.3 is 5.97 Å². The van der Waals surface area contributed by atoms with Crippen molar-refractivity contribution < 1.29 is 19.0 Å². The molecule has 41 heavy (non-hydrogen) atoms. The van der Waals surface area contributed by atoms with E-state index in [0.717, 1.165) is 16.7 Å². The van der Waals surface area contributed by atoms with E-state index in [9.17, 15) is 9.59 Å². The number of benzene rings is 3. The summed E-state index contributed by atoms with van der Waals surface area (Å²) in [5.41, 5.74) is 3.18. The monoisotopic (exact) mass is 588 g/mol. The van der Waals surface area contributed by atoms with Gasteiger partial charge in [-0.3, -0.25) is 9.36 Å². The topological polar surface area (TPSA) is 79.1 Å². The molecule has 1 aliphatic rings. The molecule has 0 N–H and O–H groups in total. The van der Waals surface area contributed by atoms with Gasteiger partial charge in [0, 0.05) is 5.02 Å². The highest BCUT2D eigenvalue weighted by Crippen LogP contribution is 2.31. The minimum absolute atomic E-state index is 0.215. The number of thiazole rings is 1. The standard InChI is InChI=1S/C32H29ClN2O5S/c1-4-38-25-15-11-23(12-16-25)29-28(31(37)39-5-2)20(3)34-32-35(29)30(36)27(41-32)18-22-7-6-8-26(17-22)40-19-21-9-13-24(33)14-10-21/h6-18,29H,4-5,19H2,1-3H3/b27-18-/t29-/m0/s1.